The molecule has 0 aromatic heterocycles. The van der Waals surface area contributed by atoms with E-state index in [0.29, 0.717) is 0 Å². The maximum absolute atomic E-state index is 10.7. The Morgan fingerprint density at radius 3 is 3.12 bits per heavy atom. The van der Waals surface area contributed by atoms with Gasteiger partial charge < -0.3 is 4.74 Å². The zero-order valence-corrected chi connectivity index (χ0v) is 9.83. The van der Waals surface area contributed by atoms with Crippen molar-refractivity contribution in [1.82, 2.24) is 4.90 Å². The third kappa shape index (κ3) is 3.25. The van der Waals surface area contributed by atoms with Gasteiger partial charge in [0.1, 0.15) is 0 Å². The molecule has 0 saturated carbocycles. The van der Waals surface area contributed by atoms with E-state index in [1.54, 1.807) is 12.1 Å². The number of hydrogen-bond donors (Lipinski definition) is 0. The predicted molar refractivity (Wildman–Crippen MR) is 63.8 cm³/mol. The zero-order valence-electron chi connectivity index (χ0n) is 9.83. The molecule has 0 aliphatic carbocycles. The van der Waals surface area contributed by atoms with E-state index in [1.807, 2.05) is 13.0 Å². The van der Waals surface area contributed by atoms with E-state index in [4.69, 9.17) is 4.74 Å². The average Bonchev–Trinajstić information content (AvgIpc) is 2.29. The van der Waals surface area contributed by atoms with Gasteiger partial charge in [-0.1, -0.05) is 12.1 Å². The second kappa shape index (κ2) is 5.25. The fraction of sp³-hybridized carbons (Fsp3) is 0.500. The molecule has 0 spiro atoms. The first-order chi connectivity index (χ1) is 8.15. The lowest BCUT2D eigenvalue weighted by Crippen LogP contribution is -2.40. The molecule has 1 unspecified atom stereocenters. The molecule has 92 valence electrons. The van der Waals surface area contributed by atoms with Crippen molar-refractivity contribution in [3.05, 3.63) is 39.9 Å². The van der Waals surface area contributed by atoms with Crippen LogP contribution in [0.3, 0.4) is 0 Å². The monoisotopic (exact) mass is 236 g/mol. The van der Waals surface area contributed by atoms with Crippen molar-refractivity contribution in [2.45, 2.75) is 19.6 Å². The molecule has 1 heterocycles. The fourth-order valence-electron chi connectivity index (χ4n) is 2.06. The van der Waals surface area contributed by atoms with Crippen LogP contribution in [0.4, 0.5) is 5.69 Å². The summed E-state index contributed by atoms with van der Waals surface area (Å²) in [7, 11) is 0. The SMILES string of the molecule is CC1CN(Cc2cccc([N+](=O)[O-])c2)CCO1. The average molecular weight is 236 g/mol. The summed E-state index contributed by atoms with van der Waals surface area (Å²) in [6.45, 7) is 5.28. The molecule has 5 nitrogen and oxygen atoms in total. The van der Waals surface area contributed by atoms with Crippen molar-refractivity contribution in [3.8, 4) is 0 Å². The van der Waals surface area contributed by atoms with Gasteiger partial charge in [0.25, 0.3) is 5.69 Å². The smallest absolute Gasteiger partial charge is 0.269 e. The highest BCUT2D eigenvalue weighted by Crippen LogP contribution is 2.16. The Hall–Kier alpha value is -1.46. The summed E-state index contributed by atoms with van der Waals surface area (Å²) in [4.78, 5) is 12.6. The van der Waals surface area contributed by atoms with Crippen molar-refractivity contribution >= 4 is 5.69 Å². The molecule has 1 atom stereocenters. The molecular formula is C12H16N2O3. The third-order valence-corrected chi connectivity index (χ3v) is 2.85. The molecule has 0 N–H and O–H groups in total. The van der Waals surface area contributed by atoms with Crippen LogP contribution in [0.1, 0.15) is 12.5 Å². The van der Waals surface area contributed by atoms with Gasteiger partial charge in [-0.15, -0.1) is 0 Å². The molecule has 0 bridgehead atoms. The highest BCUT2D eigenvalue weighted by Gasteiger charge is 2.17. The van der Waals surface area contributed by atoms with E-state index in [0.717, 1.165) is 31.8 Å². The largest absolute Gasteiger partial charge is 0.376 e. The molecular weight excluding hydrogens is 220 g/mol. The van der Waals surface area contributed by atoms with Crippen LogP contribution in [-0.4, -0.2) is 35.6 Å². The van der Waals surface area contributed by atoms with Gasteiger partial charge in [0.05, 0.1) is 17.6 Å². The lowest BCUT2D eigenvalue weighted by atomic mass is 10.1. The van der Waals surface area contributed by atoms with Crippen molar-refractivity contribution in [1.29, 1.82) is 0 Å². The topological polar surface area (TPSA) is 55.6 Å². The third-order valence-electron chi connectivity index (χ3n) is 2.85. The molecule has 1 aliphatic heterocycles. The summed E-state index contributed by atoms with van der Waals surface area (Å²) >= 11 is 0. The van der Waals surface area contributed by atoms with Crippen molar-refractivity contribution in [2.75, 3.05) is 19.7 Å². The van der Waals surface area contributed by atoms with Gasteiger partial charge >= 0.3 is 0 Å². The van der Waals surface area contributed by atoms with E-state index in [1.165, 1.54) is 6.07 Å². The second-order valence-electron chi connectivity index (χ2n) is 4.34. The van der Waals surface area contributed by atoms with E-state index < -0.39 is 0 Å². The molecule has 2 rings (SSSR count). The molecule has 17 heavy (non-hydrogen) atoms. The van der Waals surface area contributed by atoms with Gasteiger partial charge in [0, 0.05) is 31.8 Å². The number of morpholine rings is 1. The zero-order chi connectivity index (χ0) is 12.3. The summed E-state index contributed by atoms with van der Waals surface area (Å²) < 4.78 is 5.46. The maximum Gasteiger partial charge on any atom is 0.269 e. The van der Waals surface area contributed by atoms with E-state index in [9.17, 15) is 10.1 Å². The molecule has 0 amide bonds. The number of nitro benzene ring substituents is 1. The number of benzene rings is 1. The molecule has 1 aliphatic rings. The Morgan fingerprint density at radius 2 is 2.41 bits per heavy atom. The number of nitrogens with zero attached hydrogens (tertiary/aromatic N) is 2. The second-order valence-corrected chi connectivity index (χ2v) is 4.34. The van der Waals surface area contributed by atoms with Crippen molar-refractivity contribution < 1.29 is 9.66 Å². The Morgan fingerprint density at radius 1 is 1.59 bits per heavy atom. The molecule has 1 fully saturated rings. The van der Waals surface area contributed by atoms with Crippen LogP contribution >= 0.6 is 0 Å². The first kappa shape index (κ1) is 12.0. The lowest BCUT2D eigenvalue weighted by Gasteiger charge is -2.30. The Labute approximate surface area is 100 Å². The van der Waals surface area contributed by atoms with Crippen LogP contribution in [0.5, 0.6) is 0 Å². The first-order valence-corrected chi connectivity index (χ1v) is 5.72. The van der Waals surface area contributed by atoms with Crippen LogP contribution in [0, 0.1) is 10.1 Å². The maximum atomic E-state index is 10.7. The molecule has 1 aromatic rings. The Balaban J connectivity index is 2.02. The molecule has 5 heteroatoms. The van der Waals surface area contributed by atoms with Gasteiger partial charge in [-0.05, 0) is 12.5 Å². The van der Waals surface area contributed by atoms with E-state index in [-0.39, 0.29) is 16.7 Å². The number of hydrogen-bond acceptors (Lipinski definition) is 4. The van der Waals surface area contributed by atoms with Gasteiger partial charge in [0.2, 0.25) is 0 Å². The summed E-state index contributed by atoms with van der Waals surface area (Å²) in [6.07, 6.45) is 0.238. The minimum atomic E-state index is -0.356. The minimum absolute atomic E-state index is 0.156. The van der Waals surface area contributed by atoms with E-state index in [2.05, 4.69) is 4.90 Å². The van der Waals surface area contributed by atoms with Crippen molar-refractivity contribution in [3.63, 3.8) is 0 Å². The van der Waals surface area contributed by atoms with Crippen LogP contribution in [0.15, 0.2) is 24.3 Å². The van der Waals surface area contributed by atoms with Gasteiger partial charge in [-0.25, -0.2) is 0 Å². The van der Waals surface area contributed by atoms with Gasteiger partial charge in [-0.2, -0.15) is 0 Å². The first-order valence-electron chi connectivity index (χ1n) is 5.72. The Bertz CT molecular complexity index is 408. The summed E-state index contributed by atoms with van der Waals surface area (Å²) in [6, 6.07) is 6.82. The van der Waals surface area contributed by atoms with Crippen LogP contribution < -0.4 is 0 Å². The van der Waals surface area contributed by atoms with Crippen LogP contribution in [0.2, 0.25) is 0 Å². The summed E-state index contributed by atoms with van der Waals surface area (Å²) in [5, 5.41) is 10.7. The van der Waals surface area contributed by atoms with Gasteiger partial charge in [-0.3, -0.25) is 15.0 Å². The minimum Gasteiger partial charge on any atom is -0.376 e. The fourth-order valence-corrected chi connectivity index (χ4v) is 2.06. The van der Waals surface area contributed by atoms with Crippen LogP contribution in [0.25, 0.3) is 0 Å². The summed E-state index contributed by atoms with van der Waals surface area (Å²) in [5.74, 6) is 0. The number of rotatable bonds is 3. The number of non-ortho nitro benzene ring substituents is 1. The normalized spacial score (nSPS) is 21.4. The van der Waals surface area contributed by atoms with Crippen molar-refractivity contribution in [2.24, 2.45) is 0 Å². The van der Waals surface area contributed by atoms with Gasteiger partial charge in [0.15, 0.2) is 0 Å². The predicted octanol–water partition coefficient (Wildman–Crippen LogP) is 1.82. The quantitative estimate of drug-likeness (QED) is 0.593. The standard InChI is InChI=1S/C12H16N2O3/c1-10-8-13(5-6-17-10)9-11-3-2-4-12(7-11)14(15)16/h2-4,7,10H,5-6,8-9H2,1H3. The highest BCUT2D eigenvalue weighted by molar-refractivity contribution is 5.34. The van der Waals surface area contributed by atoms with Crippen LogP contribution in [-0.2, 0) is 11.3 Å². The molecule has 0 radical (unpaired) electrons. The lowest BCUT2D eigenvalue weighted by molar-refractivity contribution is -0.384. The number of nitro groups is 1. The van der Waals surface area contributed by atoms with E-state index >= 15 is 0 Å². The summed E-state index contributed by atoms with van der Waals surface area (Å²) in [5.41, 5.74) is 1.14. The number of ether oxygens (including phenoxy) is 1. The highest BCUT2D eigenvalue weighted by atomic mass is 16.6. The molecule has 1 aromatic carbocycles. The Kier molecular flexibility index (Phi) is 3.71. The molecule has 1 saturated heterocycles.